The van der Waals surface area contributed by atoms with E-state index < -0.39 is 18.1 Å². The van der Waals surface area contributed by atoms with Crippen LogP contribution in [0.4, 0.5) is 4.79 Å². The first kappa shape index (κ1) is 18.0. The number of imide groups is 1. The number of amides is 2. The summed E-state index contributed by atoms with van der Waals surface area (Å²) in [7, 11) is 0. The minimum atomic E-state index is -0.596. The Morgan fingerprint density at radius 3 is 2.65 bits per heavy atom. The predicted molar refractivity (Wildman–Crippen MR) is 92.8 cm³/mol. The minimum Gasteiger partial charge on any atom is -0.439 e. The number of nitrogens with one attached hydrogen (secondary N) is 1. The SMILES string of the molecule is CC(C)C[C@@H](Cc1nnn[nH]1)C(=O)N1C(=O)O[C@@H](c2ccccc2)[C@H]1C. The Balaban J connectivity index is 1.80. The zero-order valence-electron chi connectivity index (χ0n) is 15.1. The Morgan fingerprint density at radius 2 is 2.04 bits per heavy atom. The fraction of sp³-hybridized carbons (Fsp3) is 0.500. The molecule has 1 fully saturated rings. The molecule has 0 unspecified atom stereocenters. The average Bonchev–Trinajstić information content (AvgIpc) is 3.22. The van der Waals surface area contributed by atoms with E-state index in [9.17, 15) is 9.59 Å². The first-order valence-electron chi connectivity index (χ1n) is 8.78. The van der Waals surface area contributed by atoms with E-state index in [2.05, 4.69) is 20.6 Å². The van der Waals surface area contributed by atoms with Crippen LogP contribution in [-0.2, 0) is 16.0 Å². The first-order chi connectivity index (χ1) is 12.5. The van der Waals surface area contributed by atoms with Crippen LogP contribution in [0.1, 0.15) is 44.7 Å². The van der Waals surface area contributed by atoms with E-state index in [4.69, 9.17) is 4.74 Å². The molecule has 2 heterocycles. The molecule has 0 spiro atoms. The highest BCUT2D eigenvalue weighted by molar-refractivity contribution is 5.95. The standard InChI is InChI=1S/C18H23N5O3/c1-11(2)9-14(10-15-19-21-22-20-15)17(24)23-12(3)16(26-18(23)25)13-7-5-4-6-8-13/h4-8,11-12,14,16H,9-10H2,1-3H3,(H,19,20,21,22)/t12-,14+,16-/m1/s1. The molecule has 8 nitrogen and oxygen atoms in total. The number of rotatable bonds is 6. The molecule has 1 aromatic carbocycles. The summed E-state index contributed by atoms with van der Waals surface area (Å²) in [5, 5.41) is 13.7. The molecule has 138 valence electrons. The fourth-order valence-electron chi connectivity index (χ4n) is 3.38. The van der Waals surface area contributed by atoms with Crippen LogP contribution in [0.5, 0.6) is 0 Å². The Morgan fingerprint density at radius 1 is 1.31 bits per heavy atom. The van der Waals surface area contributed by atoms with Gasteiger partial charge in [-0.1, -0.05) is 44.2 Å². The molecule has 3 atom stereocenters. The number of cyclic esters (lactones) is 1. The van der Waals surface area contributed by atoms with E-state index in [-0.39, 0.29) is 11.9 Å². The smallest absolute Gasteiger partial charge is 0.417 e. The van der Waals surface area contributed by atoms with E-state index in [1.165, 1.54) is 4.90 Å². The molecule has 1 saturated heterocycles. The van der Waals surface area contributed by atoms with Gasteiger partial charge in [0.25, 0.3) is 0 Å². The van der Waals surface area contributed by atoms with E-state index in [1.807, 2.05) is 51.1 Å². The summed E-state index contributed by atoms with van der Waals surface area (Å²) in [5.41, 5.74) is 0.878. The summed E-state index contributed by atoms with van der Waals surface area (Å²) < 4.78 is 5.50. The summed E-state index contributed by atoms with van der Waals surface area (Å²) in [6, 6.07) is 9.10. The van der Waals surface area contributed by atoms with Gasteiger partial charge < -0.3 is 4.74 Å². The van der Waals surface area contributed by atoms with Crippen LogP contribution < -0.4 is 0 Å². The van der Waals surface area contributed by atoms with E-state index >= 15 is 0 Å². The fourth-order valence-corrected chi connectivity index (χ4v) is 3.38. The van der Waals surface area contributed by atoms with Crippen molar-refractivity contribution in [3.8, 4) is 0 Å². The molecular weight excluding hydrogens is 334 g/mol. The van der Waals surface area contributed by atoms with Gasteiger partial charge in [-0.05, 0) is 35.3 Å². The van der Waals surface area contributed by atoms with Gasteiger partial charge in [0, 0.05) is 12.3 Å². The molecule has 26 heavy (non-hydrogen) atoms. The number of aromatic nitrogens is 4. The number of H-pyrrole nitrogens is 1. The number of aromatic amines is 1. The lowest BCUT2D eigenvalue weighted by Gasteiger charge is -2.25. The van der Waals surface area contributed by atoms with Crippen LogP contribution in [0.15, 0.2) is 30.3 Å². The number of carbonyl (C=O) groups is 2. The van der Waals surface area contributed by atoms with Crippen molar-refractivity contribution >= 4 is 12.0 Å². The van der Waals surface area contributed by atoms with Crippen LogP contribution >= 0.6 is 0 Å². The zero-order chi connectivity index (χ0) is 18.7. The minimum absolute atomic E-state index is 0.244. The number of benzene rings is 1. The van der Waals surface area contributed by atoms with Gasteiger partial charge in [-0.2, -0.15) is 0 Å². The van der Waals surface area contributed by atoms with Gasteiger partial charge in [-0.15, -0.1) is 5.10 Å². The van der Waals surface area contributed by atoms with Crippen molar-refractivity contribution in [3.05, 3.63) is 41.7 Å². The second kappa shape index (κ2) is 7.63. The molecular formula is C18H23N5O3. The zero-order valence-corrected chi connectivity index (χ0v) is 15.1. The Bertz CT molecular complexity index is 747. The third-order valence-corrected chi connectivity index (χ3v) is 4.57. The van der Waals surface area contributed by atoms with Gasteiger partial charge in [0.15, 0.2) is 0 Å². The van der Waals surface area contributed by atoms with Crippen molar-refractivity contribution in [1.29, 1.82) is 0 Å². The quantitative estimate of drug-likeness (QED) is 0.852. The van der Waals surface area contributed by atoms with Gasteiger partial charge in [0.1, 0.15) is 11.9 Å². The molecule has 1 aromatic heterocycles. The van der Waals surface area contributed by atoms with Crippen LogP contribution in [0.3, 0.4) is 0 Å². The molecule has 2 aromatic rings. The molecule has 1 aliphatic rings. The molecule has 2 amide bonds. The van der Waals surface area contributed by atoms with Crippen molar-refractivity contribution in [3.63, 3.8) is 0 Å². The second-order valence-corrected chi connectivity index (χ2v) is 7.04. The number of carbonyl (C=O) groups excluding carboxylic acids is 2. The van der Waals surface area contributed by atoms with Gasteiger partial charge in [0.05, 0.1) is 6.04 Å². The van der Waals surface area contributed by atoms with E-state index in [0.29, 0.717) is 24.6 Å². The molecule has 0 aliphatic carbocycles. The summed E-state index contributed by atoms with van der Waals surface area (Å²) in [6.45, 7) is 5.91. The predicted octanol–water partition coefficient (Wildman–Crippen LogP) is 2.51. The normalized spacial score (nSPS) is 21.1. The van der Waals surface area contributed by atoms with Crippen molar-refractivity contribution in [2.45, 2.75) is 45.8 Å². The maximum absolute atomic E-state index is 13.1. The monoisotopic (exact) mass is 357 g/mol. The second-order valence-electron chi connectivity index (χ2n) is 7.04. The topological polar surface area (TPSA) is 101 Å². The number of hydrogen-bond donors (Lipinski definition) is 1. The van der Waals surface area contributed by atoms with Crippen LogP contribution in [0.2, 0.25) is 0 Å². The number of hydrogen-bond acceptors (Lipinski definition) is 6. The number of ether oxygens (including phenoxy) is 1. The average molecular weight is 357 g/mol. The largest absolute Gasteiger partial charge is 0.439 e. The number of nitrogens with zero attached hydrogens (tertiary/aromatic N) is 4. The lowest BCUT2D eigenvalue weighted by atomic mass is 9.92. The Labute approximate surface area is 151 Å². The molecule has 0 bridgehead atoms. The van der Waals surface area contributed by atoms with E-state index in [0.717, 1.165) is 5.56 Å². The summed E-state index contributed by atoms with van der Waals surface area (Å²) in [6.07, 6.45) is -0.0668. The molecule has 3 rings (SSSR count). The molecule has 0 radical (unpaired) electrons. The van der Waals surface area contributed by atoms with E-state index in [1.54, 1.807) is 0 Å². The lowest BCUT2D eigenvalue weighted by Crippen LogP contribution is -2.42. The molecule has 0 saturated carbocycles. The van der Waals surface area contributed by atoms with Crippen LogP contribution in [-0.4, -0.2) is 43.6 Å². The van der Waals surface area contributed by atoms with Gasteiger partial charge >= 0.3 is 6.09 Å². The Kier molecular flexibility index (Phi) is 5.29. The van der Waals surface area contributed by atoms with Crippen molar-refractivity contribution < 1.29 is 14.3 Å². The Hall–Kier alpha value is -2.77. The van der Waals surface area contributed by atoms with Gasteiger partial charge in [0.2, 0.25) is 5.91 Å². The summed E-state index contributed by atoms with van der Waals surface area (Å²) >= 11 is 0. The van der Waals surface area contributed by atoms with Crippen molar-refractivity contribution in [1.82, 2.24) is 25.5 Å². The van der Waals surface area contributed by atoms with Gasteiger partial charge in [-0.25, -0.2) is 14.8 Å². The molecule has 1 N–H and O–H groups in total. The van der Waals surface area contributed by atoms with Crippen molar-refractivity contribution in [2.24, 2.45) is 11.8 Å². The third-order valence-electron chi connectivity index (χ3n) is 4.57. The maximum atomic E-state index is 13.1. The lowest BCUT2D eigenvalue weighted by molar-refractivity contribution is -0.134. The van der Waals surface area contributed by atoms with Gasteiger partial charge in [-0.3, -0.25) is 4.79 Å². The maximum Gasteiger partial charge on any atom is 0.417 e. The third kappa shape index (κ3) is 3.74. The highest BCUT2D eigenvalue weighted by Gasteiger charge is 2.45. The van der Waals surface area contributed by atoms with Crippen LogP contribution in [0, 0.1) is 11.8 Å². The highest BCUT2D eigenvalue weighted by Crippen LogP contribution is 2.34. The molecule has 8 heteroatoms. The first-order valence-corrected chi connectivity index (χ1v) is 8.78. The summed E-state index contributed by atoms with van der Waals surface area (Å²) in [5.74, 6) is 0.183. The molecule has 1 aliphatic heterocycles. The summed E-state index contributed by atoms with van der Waals surface area (Å²) in [4.78, 5) is 26.8. The number of tetrazole rings is 1. The van der Waals surface area contributed by atoms with Crippen LogP contribution in [0.25, 0.3) is 0 Å². The highest BCUT2D eigenvalue weighted by atomic mass is 16.6. The van der Waals surface area contributed by atoms with Crippen molar-refractivity contribution in [2.75, 3.05) is 0 Å².